The molecule has 0 aliphatic carbocycles. The fourth-order valence-corrected chi connectivity index (χ4v) is 3.19. The first-order valence-electron chi connectivity index (χ1n) is 8.65. The van der Waals surface area contributed by atoms with Gasteiger partial charge in [-0.15, -0.1) is 0 Å². The molecule has 2 N–H and O–H groups in total. The molecule has 136 valence electrons. The summed E-state index contributed by atoms with van der Waals surface area (Å²) in [7, 11) is 0. The van der Waals surface area contributed by atoms with E-state index in [0.29, 0.717) is 23.7 Å². The van der Waals surface area contributed by atoms with E-state index in [0.717, 1.165) is 23.2 Å². The number of amides is 3. The van der Waals surface area contributed by atoms with Crippen LogP contribution in [0.25, 0.3) is 0 Å². The van der Waals surface area contributed by atoms with Crippen molar-refractivity contribution in [1.29, 1.82) is 0 Å². The largest absolute Gasteiger partial charge is 0.324 e. The molecule has 0 saturated carbocycles. The minimum atomic E-state index is -0.486. The van der Waals surface area contributed by atoms with Crippen molar-refractivity contribution in [2.75, 3.05) is 17.2 Å². The molecular weight excluding hydrogens is 350 g/mol. The second kappa shape index (κ2) is 7.79. The van der Waals surface area contributed by atoms with Crippen LogP contribution >= 0.6 is 11.6 Å². The molecule has 3 amide bonds. The summed E-state index contributed by atoms with van der Waals surface area (Å²) in [5.74, 6) is -0.193. The number of likely N-dealkylation sites (tertiary alicyclic amines) is 1. The van der Waals surface area contributed by atoms with Gasteiger partial charge in [0.25, 0.3) is 0 Å². The molecule has 0 unspecified atom stereocenters. The van der Waals surface area contributed by atoms with E-state index in [-0.39, 0.29) is 11.9 Å². The molecule has 1 aliphatic heterocycles. The van der Waals surface area contributed by atoms with Crippen LogP contribution < -0.4 is 10.6 Å². The van der Waals surface area contributed by atoms with Crippen LogP contribution in [0.3, 0.4) is 0 Å². The average Bonchev–Trinajstić information content (AvgIpc) is 3.10. The van der Waals surface area contributed by atoms with Gasteiger partial charge in [-0.3, -0.25) is 4.79 Å². The monoisotopic (exact) mass is 371 g/mol. The maximum Gasteiger partial charge on any atom is 0.322 e. The molecule has 2 aromatic rings. The summed E-state index contributed by atoms with van der Waals surface area (Å²) in [4.78, 5) is 26.8. The molecule has 0 bridgehead atoms. The minimum absolute atomic E-state index is 0.193. The Kier molecular flexibility index (Phi) is 5.47. The summed E-state index contributed by atoms with van der Waals surface area (Å²) in [6, 6.07) is 12.2. The van der Waals surface area contributed by atoms with Gasteiger partial charge in [-0.1, -0.05) is 35.4 Å². The van der Waals surface area contributed by atoms with Crippen molar-refractivity contribution in [2.45, 2.75) is 32.7 Å². The van der Waals surface area contributed by atoms with Crippen molar-refractivity contribution in [1.82, 2.24) is 4.90 Å². The zero-order chi connectivity index (χ0) is 18.7. The zero-order valence-corrected chi connectivity index (χ0v) is 15.6. The van der Waals surface area contributed by atoms with E-state index >= 15 is 0 Å². The Morgan fingerprint density at radius 1 is 1.04 bits per heavy atom. The van der Waals surface area contributed by atoms with Gasteiger partial charge in [-0.2, -0.15) is 0 Å². The summed E-state index contributed by atoms with van der Waals surface area (Å²) >= 11 is 6.11. The summed E-state index contributed by atoms with van der Waals surface area (Å²) in [5, 5.41) is 6.33. The van der Waals surface area contributed by atoms with Crippen LogP contribution in [0, 0.1) is 13.8 Å². The highest BCUT2D eigenvalue weighted by molar-refractivity contribution is 6.31. The zero-order valence-electron chi connectivity index (χ0n) is 14.9. The highest BCUT2D eigenvalue weighted by Gasteiger charge is 2.34. The molecule has 1 heterocycles. The molecule has 5 nitrogen and oxygen atoms in total. The Bertz CT molecular complexity index is 820. The van der Waals surface area contributed by atoms with Gasteiger partial charge in [-0.05, 0) is 56.5 Å². The molecule has 3 rings (SSSR count). The van der Waals surface area contributed by atoms with Gasteiger partial charge in [0.1, 0.15) is 6.04 Å². The molecule has 0 radical (unpaired) electrons. The van der Waals surface area contributed by atoms with Crippen LogP contribution in [0.15, 0.2) is 42.5 Å². The number of rotatable bonds is 3. The van der Waals surface area contributed by atoms with E-state index in [4.69, 9.17) is 11.6 Å². The van der Waals surface area contributed by atoms with E-state index in [2.05, 4.69) is 10.6 Å². The van der Waals surface area contributed by atoms with E-state index in [1.807, 2.05) is 50.2 Å². The average molecular weight is 372 g/mol. The van der Waals surface area contributed by atoms with Crippen LogP contribution in [0.4, 0.5) is 16.2 Å². The summed E-state index contributed by atoms with van der Waals surface area (Å²) in [5.41, 5.74) is 3.43. The van der Waals surface area contributed by atoms with Crippen LogP contribution in [-0.4, -0.2) is 29.4 Å². The molecule has 1 fully saturated rings. The first kappa shape index (κ1) is 18.3. The highest BCUT2D eigenvalue weighted by Crippen LogP contribution is 2.23. The maximum atomic E-state index is 12.6. The van der Waals surface area contributed by atoms with Gasteiger partial charge in [0.15, 0.2) is 0 Å². The Morgan fingerprint density at radius 2 is 1.73 bits per heavy atom. The predicted octanol–water partition coefficient (Wildman–Crippen LogP) is 4.59. The van der Waals surface area contributed by atoms with Crippen LogP contribution in [0.2, 0.25) is 5.02 Å². The fraction of sp³-hybridized carbons (Fsp3) is 0.300. The van der Waals surface area contributed by atoms with E-state index in [9.17, 15) is 9.59 Å². The van der Waals surface area contributed by atoms with Crippen molar-refractivity contribution in [3.8, 4) is 0 Å². The quantitative estimate of drug-likeness (QED) is 0.828. The standard InChI is InChI=1S/C20H22ClN3O2/c1-13-5-8-15(9-6-13)23-20(26)24-11-3-4-18(24)19(25)22-16-10-7-14(2)17(21)12-16/h5-10,12,18H,3-4,11H2,1-2H3,(H,22,25)(H,23,26)/t18-/m0/s1. The normalized spacial score (nSPS) is 16.4. The molecule has 1 atom stereocenters. The number of nitrogens with one attached hydrogen (secondary N) is 2. The van der Waals surface area contributed by atoms with Crippen molar-refractivity contribution < 1.29 is 9.59 Å². The first-order valence-corrected chi connectivity index (χ1v) is 9.03. The third kappa shape index (κ3) is 4.17. The number of benzene rings is 2. The van der Waals surface area contributed by atoms with Gasteiger partial charge in [0.05, 0.1) is 0 Å². The smallest absolute Gasteiger partial charge is 0.322 e. The van der Waals surface area contributed by atoms with Crippen LogP contribution in [0.5, 0.6) is 0 Å². The number of carbonyl (C=O) groups is 2. The Morgan fingerprint density at radius 3 is 2.42 bits per heavy atom. The third-order valence-electron chi connectivity index (χ3n) is 4.56. The van der Waals surface area contributed by atoms with Gasteiger partial charge in [-0.25, -0.2) is 4.79 Å². The Balaban J connectivity index is 1.66. The topological polar surface area (TPSA) is 61.4 Å². The highest BCUT2D eigenvalue weighted by atomic mass is 35.5. The SMILES string of the molecule is Cc1ccc(NC(=O)N2CCC[C@H]2C(=O)Nc2ccc(C)c(Cl)c2)cc1. The number of anilines is 2. The third-order valence-corrected chi connectivity index (χ3v) is 4.97. The Hall–Kier alpha value is -2.53. The van der Waals surface area contributed by atoms with Crippen molar-refractivity contribution in [2.24, 2.45) is 0 Å². The summed E-state index contributed by atoms with van der Waals surface area (Å²) in [6.07, 6.45) is 1.45. The molecule has 0 spiro atoms. The van der Waals surface area contributed by atoms with Crippen LogP contribution in [0.1, 0.15) is 24.0 Å². The van der Waals surface area contributed by atoms with Gasteiger partial charge < -0.3 is 15.5 Å². The second-order valence-electron chi connectivity index (χ2n) is 6.60. The molecule has 26 heavy (non-hydrogen) atoms. The number of carbonyl (C=O) groups excluding carboxylic acids is 2. The molecule has 1 aliphatic rings. The van der Waals surface area contributed by atoms with Gasteiger partial charge >= 0.3 is 6.03 Å². The number of hydrogen-bond donors (Lipinski definition) is 2. The number of hydrogen-bond acceptors (Lipinski definition) is 2. The predicted molar refractivity (Wildman–Crippen MR) is 105 cm³/mol. The number of nitrogens with zero attached hydrogens (tertiary/aromatic N) is 1. The number of aryl methyl sites for hydroxylation is 2. The number of halogens is 1. The molecule has 6 heteroatoms. The van der Waals surface area contributed by atoms with Crippen molar-refractivity contribution in [3.63, 3.8) is 0 Å². The van der Waals surface area contributed by atoms with E-state index in [1.165, 1.54) is 0 Å². The lowest BCUT2D eigenvalue weighted by atomic mass is 10.2. The first-order chi connectivity index (χ1) is 12.4. The van der Waals surface area contributed by atoms with Crippen molar-refractivity contribution >= 4 is 34.9 Å². The Labute approximate surface area is 158 Å². The van der Waals surface area contributed by atoms with Crippen molar-refractivity contribution in [3.05, 3.63) is 58.6 Å². The van der Waals surface area contributed by atoms with Crippen LogP contribution in [-0.2, 0) is 4.79 Å². The molecular formula is C20H22ClN3O2. The lowest BCUT2D eigenvalue weighted by molar-refractivity contribution is -0.119. The molecule has 1 saturated heterocycles. The molecule has 2 aromatic carbocycles. The van der Waals surface area contributed by atoms with Gasteiger partial charge in [0.2, 0.25) is 5.91 Å². The van der Waals surface area contributed by atoms with E-state index in [1.54, 1.807) is 11.0 Å². The summed E-state index contributed by atoms with van der Waals surface area (Å²) in [6.45, 7) is 4.45. The fourth-order valence-electron chi connectivity index (χ4n) is 3.01. The van der Waals surface area contributed by atoms with E-state index < -0.39 is 6.04 Å². The maximum absolute atomic E-state index is 12.6. The van der Waals surface area contributed by atoms with Gasteiger partial charge in [0, 0.05) is 22.9 Å². The minimum Gasteiger partial charge on any atom is -0.324 e. The lowest BCUT2D eigenvalue weighted by Gasteiger charge is -2.24. The number of urea groups is 1. The second-order valence-corrected chi connectivity index (χ2v) is 7.01. The lowest BCUT2D eigenvalue weighted by Crippen LogP contribution is -2.45. The summed E-state index contributed by atoms with van der Waals surface area (Å²) < 4.78 is 0. The molecule has 0 aromatic heterocycles.